The highest BCUT2D eigenvalue weighted by atomic mass is 16.1. The number of hydrogen-bond acceptors (Lipinski definition) is 1. The Labute approximate surface area is 111 Å². The van der Waals surface area contributed by atoms with Crippen LogP contribution in [0.4, 0.5) is 5.69 Å². The lowest BCUT2D eigenvalue weighted by Gasteiger charge is -2.16. The van der Waals surface area contributed by atoms with Gasteiger partial charge in [0, 0.05) is 12.1 Å². The Morgan fingerprint density at radius 2 is 2.00 bits per heavy atom. The van der Waals surface area contributed by atoms with E-state index in [2.05, 4.69) is 38.2 Å². The zero-order valence-electron chi connectivity index (χ0n) is 12.0. The van der Waals surface area contributed by atoms with Gasteiger partial charge in [-0.25, -0.2) is 0 Å². The van der Waals surface area contributed by atoms with Gasteiger partial charge in [0.25, 0.3) is 0 Å². The summed E-state index contributed by atoms with van der Waals surface area (Å²) in [6.45, 7) is 8.51. The third kappa shape index (κ3) is 4.17. The number of benzene rings is 1. The molecule has 0 bridgehead atoms. The molecule has 0 aliphatic rings. The smallest absolute Gasteiger partial charge is 0.224 e. The molecule has 1 aromatic carbocycles. The Morgan fingerprint density at radius 1 is 1.28 bits per heavy atom. The molecule has 18 heavy (non-hydrogen) atoms. The lowest BCUT2D eigenvalue weighted by Crippen LogP contribution is -2.14. The average molecular weight is 247 g/mol. The second-order valence-corrected chi connectivity index (χ2v) is 5.20. The second-order valence-electron chi connectivity index (χ2n) is 5.20. The number of aryl methyl sites for hydroxylation is 1. The van der Waals surface area contributed by atoms with Gasteiger partial charge < -0.3 is 5.32 Å². The lowest BCUT2D eigenvalue weighted by atomic mass is 9.98. The predicted octanol–water partition coefficient (Wildman–Crippen LogP) is 4.64. The summed E-state index contributed by atoms with van der Waals surface area (Å²) in [5.74, 6) is 0.565. The van der Waals surface area contributed by atoms with Gasteiger partial charge in [-0.3, -0.25) is 4.79 Å². The Kier molecular flexibility index (Phi) is 5.90. The van der Waals surface area contributed by atoms with E-state index in [9.17, 15) is 4.79 Å². The van der Waals surface area contributed by atoms with Crippen LogP contribution < -0.4 is 5.32 Å². The van der Waals surface area contributed by atoms with Gasteiger partial charge in [-0.15, -0.1) is 0 Å². The summed E-state index contributed by atoms with van der Waals surface area (Å²) >= 11 is 0. The third-order valence-electron chi connectivity index (χ3n) is 3.20. The van der Waals surface area contributed by atoms with Crippen molar-refractivity contribution in [3.63, 3.8) is 0 Å². The first-order valence-corrected chi connectivity index (χ1v) is 6.95. The summed E-state index contributed by atoms with van der Waals surface area (Å²) in [4.78, 5) is 11.9. The van der Waals surface area contributed by atoms with Crippen LogP contribution in [-0.2, 0) is 4.79 Å². The monoisotopic (exact) mass is 247 g/mol. The highest BCUT2D eigenvalue weighted by molar-refractivity contribution is 5.92. The molecule has 1 aromatic rings. The fourth-order valence-electron chi connectivity index (χ4n) is 2.08. The van der Waals surface area contributed by atoms with E-state index >= 15 is 0 Å². The van der Waals surface area contributed by atoms with E-state index in [1.165, 1.54) is 5.56 Å². The molecule has 0 atom stereocenters. The Hall–Kier alpha value is -1.31. The molecular weight excluding hydrogens is 222 g/mol. The summed E-state index contributed by atoms with van der Waals surface area (Å²) in [5, 5.41) is 3.08. The van der Waals surface area contributed by atoms with Gasteiger partial charge in [-0.1, -0.05) is 51.8 Å². The van der Waals surface area contributed by atoms with E-state index in [-0.39, 0.29) is 5.91 Å². The standard InChI is InChI=1S/C16H25NO/c1-5-6-7-11-15(18)17-16-13(4)9-8-10-14(16)12(2)3/h8-10,12H,5-7,11H2,1-4H3,(H,17,18). The third-order valence-corrected chi connectivity index (χ3v) is 3.20. The molecule has 0 saturated heterocycles. The molecule has 0 spiro atoms. The first-order chi connectivity index (χ1) is 8.56. The highest BCUT2D eigenvalue weighted by Crippen LogP contribution is 2.27. The average Bonchev–Trinajstić information content (AvgIpc) is 2.31. The molecule has 100 valence electrons. The molecule has 0 aromatic heterocycles. The van der Waals surface area contributed by atoms with Crippen molar-refractivity contribution in [2.45, 2.75) is 59.3 Å². The van der Waals surface area contributed by atoms with E-state index in [4.69, 9.17) is 0 Å². The van der Waals surface area contributed by atoms with Crippen molar-refractivity contribution in [1.82, 2.24) is 0 Å². The molecule has 1 amide bonds. The Balaban J connectivity index is 2.74. The topological polar surface area (TPSA) is 29.1 Å². The van der Waals surface area contributed by atoms with Crippen LogP contribution >= 0.6 is 0 Å². The van der Waals surface area contributed by atoms with Gasteiger partial charge in [-0.05, 0) is 30.4 Å². The maximum absolute atomic E-state index is 11.9. The highest BCUT2D eigenvalue weighted by Gasteiger charge is 2.11. The van der Waals surface area contributed by atoms with Crippen LogP contribution in [0.1, 0.15) is 63.5 Å². The molecule has 0 aliphatic carbocycles. The van der Waals surface area contributed by atoms with E-state index in [0.717, 1.165) is 30.5 Å². The number of nitrogens with one attached hydrogen (secondary N) is 1. The number of hydrogen-bond donors (Lipinski definition) is 1. The lowest BCUT2D eigenvalue weighted by molar-refractivity contribution is -0.116. The van der Waals surface area contributed by atoms with Crippen LogP contribution in [-0.4, -0.2) is 5.91 Å². The molecule has 2 heteroatoms. The van der Waals surface area contributed by atoms with Gasteiger partial charge in [0.15, 0.2) is 0 Å². The maximum Gasteiger partial charge on any atom is 0.224 e. The number of carbonyl (C=O) groups excluding carboxylic acids is 1. The quantitative estimate of drug-likeness (QED) is 0.729. The SMILES string of the molecule is CCCCCC(=O)Nc1c(C)cccc1C(C)C. The molecule has 1 rings (SSSR count). The zero-order valence-corrected chi connectivity index (χ0v) is 12.0. The largest absolute Gasteiger partial charge is 0.326 e. The second kappa shape index (κ2) is 7.20. The molecular formula is C16H25NO. The van der Waals surface area contributed by atoms with E-state index < -0.39 is 0 Å². The normalized spacial score (nSPS) is 10.7. The zero-order chi connectivity index (χ0) is 13.5. The number of amides is 1. The molecule has 0 radical (unpaired) electrons. The van der Waals surface area contributed by atoms with Crippen molar-refractivity contribution in [3.8, 4) is 0 Å². The minimum Gasteiger partial charge on any atom is -0.326 e. The van der Waals surface area contributed by atoms with Crippen LogP contribution in [0.15, 0.2) is 18.2 Å². The molecule has 1 N–H and O–H groups in total. The number of unbranched alkanes of at least 4 members (excludes halogenated alkanes) is 2. The molecule has 0 heterocycles. The van der Waals surface area contributed by atoms with Crippen molar-refractivity contribution in [1.29, 1.82) is 0 Å². The van der Waals surface area contributed by atoms with Crippen molar-refractivity contribution in [2.24, 2.45) is 0 Å². The fraction of sp³-hybridized carbons (Fsp3) is 0.562. The van der Waals surface area contributed by atoms with Gasteiger partial charge in [0.2, 0.25) is 5.91 Å². The van der Waals surface area contributed by atoms with Gasteiger partial charge in [0.1, 0.15) is 0 Å². The molecule has 0 unspecified atom stereocenters. The van der Waals surface area contributed by atoms with Crippen molar-refractivity contribution in [2.75, 3.05) is 5.32 Å². The number of anilines is 1. The summed E-state index contributed by atoms with van der Waals surface area (Å²) in [7, 11) is 0. The van der Waals surface area contributed by atoms with Crippen LogP contribution in [0.2, 0.25) is 0 Å². The first-order valence-electron chi connectivity index (χ1n) is 6.95. The van der Waals surface area contributed by atoms with Crippen molar-refractivity contribution < 1.29 is 4.79 Å². The van der Waals surface area contributed by atoms with Crippen molar-refractivity contribution in [3.05, 3.63) is 29.3 Å². The van der Waals surface area contributed by atoms with Gasteiger partial charge >= 0.3 is 0 Å². The van der Waals surface area contributed by atoms with Gasteiger partial charge in [0.05, 0.1) is 0 Å². The van der Waals surface area contributed by atoms with Crippen LogP contribution in [0.25, 0.3) is 0 Å². The van der Waals surface area contributed by atoms with Crippen LogP contribution in [0, 0.1) is 6.92 Å². The fourth-order valence-corrected chi connectivity index (χ4v) is 2.08. The number of rotatable bonds is 6. The van der Waals surface area contributed by atoms with Crippen LogP contribution in [0.5, 0.6) is 0 Å². The minimum atomic E-state index is 0.139. The summed E-state index contributed by atoms with van der Waals surface area (Å²) in [5.41, 5.74) is 3.37. The minimum absolute atomic E-state index is 0.139. The number of para-hydroxylation sites is 1. The van der Waals surface area contributed by atoms with E-state index in [0.29, 0.717) is 12.3 Å². The molecule has 2 nitrogen and oxygen atoms in total. The summed E-state index contributed by atoms with van der Waals surface area (Å²) in [6.07, 6.45) is 3.87. The number of carbonyl (C=O) groups is 1. The molecule has 0 fully saturated rings. The Morgan fingerprint density at radius 3 is 2.61 bits per heavy atom. The molecule has 0 saturated carbocycles. The Bertz CT molecular complexity index is 396. The predicted molar refractivity (Wildman–Crippen MR) is 78.0 cm³/mol. The van der Waals surface area contributed by atoms with E-state index in [1.807, 2.05) is 13.0 Å². The maximum atomic E-state index is 11.9. The first kappa shape index (κ1) is 14.7. The van der Waals surface area contributed by atoms with Crippen molar-refractivity contribution >= 4 is 11.6 Å². The summed E-state index contributed by atoms with van der Waals surface area (Å²) in [6, 6.07) is 6.20. The van der Waals surface area contributed by atoms with Gasteiger partial charge in [-0.2, -0.15) is 0 Å². The summed E-state index contributed by atoms with van der Waals surface area (Å²) < 4.78 is 0. The molecule has 0 aliphatic heterocycles. The van der Waals surface area contributed by atoms with E-state index in [1.54, 1.807) is 0 Å². The van der Waals surface area contributed by atoms with Crippen LogP contribution in [0.3, 0.4) is 0 Å².